The second-order valence-corrected chi connectivity index (χ2v) is 16.6. The van der Waals surface area contributed by atoms with Crippen molar-refractivity contribution in [3.63, 3.8) is 0 Å². The van der Waals surface area contributed by atoms with Crippen molar-refractivity contribution >= 4 is 35.6 Å². The van der Waals surface area contributed by atoms with Gasteiger partial charge in [-0.05, 0) is 74.7 Å². The first-order valence-corrected chi connectivity index (χ1v) is 20.4. The fourth-order valence-corrected chi connectivity index (χ4v) is 8.32. The first-order valence-electron chi connectivity index (χ1n) is 20.4. The van der Waals surface area contributed by atoms with Gasteiger partial charge in [-0.15, -0.1) is 0 Å². The molecule has 0 spiro atoms. The summed E-state index contributed by atoms with van der Waals surface area (Å²) in [5.41, 5.74) is 6.56. The number of hydrogen-bond donors (Lipinski definition) is 5. The Kier molecular flexibility index (Phi) is 15.9. The van der Waals surface area contributed by atoms with Crippen LogP contribution < -0.4 is 21.7 Å². The van der Waals surface area contributed by atoms with E-state index in [4.69, 9.17) is 5.73 Å². The summed E-state index contributed by atoms with van der Waals surface area (Å²) in [6, 6.07) is 5.80. The van der Waals surface area contributed by atoms with Crippen LogP contribution >= 0.6 is 0 Å². The average molecular weight is 768 g/mol. The van der Waals surface area contributed by atoms with Crippen LogP contribution in [0.2, 0.25) is 0 Å². The molecule has 55 heavy (non-hydrogen) atoms. The van der Waals surface area contributed by atoms with Gasteiger partial charge in [0.15, 0.2) is 0 Å². The molecule has 3 heterocycles. The zero-order chi connectivity index (χ0) is 40.4. The third kappa shape index (κ3) is 11.2. The maximum absolute atomic E-state index is 14.1. The quantitative estimate of drug-likeness (QED) is 0.161. The van der Waals surface area contributed by atoms with Crippen molar-refractivity contribution in [3.05, 3.63) is 35.9 Å². The van der Waals surface area contributed by atoms with E-state index in [1.54, 1.807) is 4.90 Å². The number of aliphatic hydroxyl groups is 1. The number of aliphatic hydroxyl groups excluding tert-OH is 1. The normalized spacial score (nSPS) is 22.6. The molecule has 3 aliphatic heterocycles. The lowest BCUT2D eigenvalue weighted by Crippen LogP contribution is -2.60. The van der Waals surface area contributed by atoms with Crippen molar-refractivity contribution in [1.29, 1.82) is 0 Å². The van der Waals surface area contributed by atoms with Crippen molar-refractivity contribution < 1.29 is 33.9 Å². The number of carbonyl (C=O) groups excluding carboxylic acids is 6. The number of carbonyl (C=O) groups is 6. The maximum Gasteiger partial charge on any atom is 0.317 e. The number of rotatable bonds is 17. The Balaban J connectivity index is 1.44. The van der Waals surface area contributed by atoms with Gasteiger partial charge in [0.25, 0.3) is 0 Å². The van der Waals surface area contributed by atoms with Crippen LogP contribution in [0, 0.1) is 23.7 Å². The van der Waals surface area contributed by atoms with Crippen LogP contribution in [0.5, 0.6) is 0 Å². The molecule has 4 rings (SSSR count). The first-order chi connectivity index (χ1) is 26.1. The highest BCUT2D eigenvalue weighted by atomic mass is 16.3. The van der Waals surface area contributed by atoms with Gasteiger partial charge in [-0.3, -0.25) is 24.0 Å². The minimum Gasteiger partial charge on any atom is -0.392 e. The van der Waals surface area contributed by atoms with E-state index in [0.717, 1.165) is 12.0 Å². The number of primary amides is 1. The highest BCUT2D eigenvalue weighted by Crippen LogP contribution is 2.28. The Bertz CT molecular complexity index is 1490. The molecule has 8 atom stereocenters. The molecule has 0 radical (unpaired) electrons. The summed E-state index contributed by atoms with van der Waals surface area (Å²) in [7, 11) is 0. The molecule has 14 heteroatoms. The lowest BCUT2D eigenvalue weighted by atomic mass is 9.86. The van der Waals surface area contributed by atoms with Crippen molar-refractivity contribution in [2.75, 3.05) is 19.6 Å². The Morgan fingerprint density at radius 3 is 2.02 bits per heavy atom. The highest BCUT2D eigenvalue weighted by molar-refractivity contribution is 5.96. The van der Waals surface area contributed by atoms with Crippen LogP contribution in [0.15, 0.2) is 30.3 Å². The van der Waals surface area contributed by atoms with Crippen molar-refractivity contribution in [2.45, 2.75) is 142 Å². The zero-order valence-corrected chi connectivity index (χ0v) is 33.7. The molecular formula is C41H65N7O7. The molecule has 0 bridgehead atoms. The molecule has 0 saturated carbocycles. The summed E-state index contributed by atoms with van der Waals surface area (Å²) < 4.78 is 0. The minimum absolute atomic E-state index is 0.0630. The van der Waals surface area contributed by atoms with Crippen LogP contribution in [0.1, 0.15) is 105 Å². The Morgan fingerprint density at radius 2 is 1.40 bits per heavy atom. The van der Waals surface area contributed by atoms with Crippen LogP contribution in [-0.4, -0.2) is 111 Å². The predicted molar refractivity (Wildman–Crippen MR) is 209 cm³/mol. The molecule has 0 unspecified atom stereocenters. The van der Waals surface area contributed by atoms with Crippen LogP contribution in [0.3, 0.4) is 0 Å². The molecule has 3 saturated heterocycles. The summed E-state index contributed by atoms with van der Waals surface area (Å²) in [6.07, 6.45) is 3.82. The fraction of sp³-hybridized carbons (Fsp3) is 0.707. The van der Waals surface area contributed by atoms with Gasteiger partial charge >= 0.3 is 6.03 Å². The molecule has 3 fully saturated rings. The van der Waals surface area contributed by atoms with Crippen molar-refractivity contribution in [1.82, 2.24) is 30.7 Å². The molecule has 306 valence electrons. The third-order valence-corrected chi connectivity index (χ3v) is 11.7. The molecule has 7 amide bonds. The molecule has 0 aromatic heterocycles. The van der Waals surface area contributed by atoms with Gasteiger partial charge in [0.05, 0.1) is 12.0 Å². The molecule has 6 N–H and O–H groups in total. The number of amides is 7. The Hall–Kier alpha value is -4.20. The maximum atomic E-state index is 14.1. The van der Waals surface area contributed by atoms with E-state index in [2.05, 4.69) is 16.0 Å². The van der Waals surface area contributed by atoms with E-state index < -0.39 is 53.9 Å². The van der Waals surface area contributed by atoms with Gasteiger partial charge in [-0.1, -0.05) is 78.3 Å². The summed E-state index contributed by atoms with van der Waals surface area (Å²) >= 11 is 0. The lowest BCUT2D eigenvalue weighted by Gasteiger charge is -2.35. The third-order valence-electron chi connectivity index (χ3n) is 11.7. The lowest BCUT2D eigenvalue weighted by molar-refractivity contribution is -0.148. The topological polar surface area (TPSA) is 194 Å². The summed E-state index contributed by atoms with van der Waals surface area (Å²) in [5, 5.41) is 20.5. The standard InChI is InChI=1S/C41H65N7O7/c1-7-27(6)35(38(52)44-34(26(4)5)40(54)48-21-13-18-32(48)39(53)47-20-12-17-31(47)36(42)50)45-37(51)30(22-25(2)3)33(49)23-29-16-11-19-46(29)41(55)43-24-28-14-9-8-10-15-28/h8-10,14-15,25-27,29-35,49H,7,11-13,16-24H2,1-6H3,(H2,42,50)(H,43,55)(H,44,52)(H,45,51)/t27-,29-,30+,31-,32-,33+,34-,35-/m1/s1. The fourth-order valence-electron chi connectivity index (χ4n) is 8.32. The van der Waals surface area contributed by atoms with E-state index in [9.17, 15) is 33.9 Å². The second-order valence-electron chi connectivity index (χ2n) is 16.6. The molecule has 1 aromatic rings. The number of nitrogens with two attached hydrogens (primary N) is 1. The summed E-state index contributed by atoms with van der Waals surface area (Å²) in [4.78, 5) is 85.9. The van der Waals surface area contributed by atoms with E-state index in [0.29, 0.717) is 71.1 Å². The summed E-state index contributed by atoms with van der Waals surface area (Å²) in [5.74, 6) is -3.61. The van der Waals surface area contributed by atoms with Crippen molar-refractivity contribution in [3.8, 4) is 0 Å². The van der Waals surface area contributed by atoms with Crippen molar-refractivity contribution in [2.24, 2.45) is 29.4 Å². The molecule has 14 nitrogen and oxygen atoms in total. The Morgan fingerprint density at radius 1 is 0.800 bits per heavy atom. The first kappa shape index (κ1) is 43.5. The number of urea groups is 1. The van der Waals surface area contributed by atoms with Gasteiger partial charge in [0, 0.05) is 32.2 Å². The average Bonchev–Trinajstić information content (AvgIpc) is 3.95. The monoisotopic (exact) mass is 767 g/mol. The van der Waals surface area contributed by atoms with Crippen LogP contribution in [-0.2, 0) is 30.5 Å². The van der Waals surface area contributed by atoms with Gasteiger partial charge in [-0.25, -0.2) is 4.79 Å². The van der Waals surface area contributed by atoms with Gasteiger partial charge < -0.3 is 41.5 Å². The van der Waals surface area contributed by atoms with E-state index in [-0.39, 0.29) is 48.1 Å². The number of likely N-dealkylation sites (tertiary alicyclic amines) is 3. The van der Waals surface area contributed by atoms with Gasteiger partial charge in [-0.2, -0.15) is 0 Å². The number of hydrogen-bond acceptors (Lipinski definition) is 7. The Labute approximate surface area is 326 Å². The number of nitrogens with one attached hydrogen (secondary N) is 3. The zero-order valence-electron chi connectivity index (χ0n) is 33.7. The van der Waals surface area contributed by atoms with Gasteiger partial charge in [0.1, 0.15) is 24.2 Å². The summed E-state index contributed by atoms with van der Waals surface area (Å²) in [6.45, 7) is 13.0. The smallest absolute Gasteiger partial charge is 0.317 e. The van der Waals surface area contributed by atoms with E-state index in [1.807, 2.05) is 71.9 Å². The number of benzene rings is 1. The highest BCUT2D eigenvalue weighted by Gasteiger charge is 2.44. The van der Waals surface area contributed by atoms with Crippen LogP contribution in [0.25, 0.3) is 0 Å². The van der Waals surface area contributed by atoms with E-state index in [1.165, 1.54) is 9.80 Å². The van der Waals surface area contributed by atoms with E-state index >= 15 is 0 Å². The number of nitrogens with zero attached hydrogens (tertiary/aromatic N) is 3. The molecule has 3 aliphatic rings. The largest absolute Gasteiger partial charge is 0.392 e. The predicted octanol–water partition coefficient (Wildman–Crippen LogP) is 2.91. The molecular weight excluding hydrogens is 702 g/mol. The second kappa shape index (κ2) is 20.1. The molecule has 1 aromatic carbocycles. The molecule has 0 aliphatic carbocycles. The minimum atomic E-state index is -1.06. The van der Waals surface area contributed by atoms with Crippen LogP contribution in [0.4, 0.5) is 4.79 Å². The SMILES string of the molecule is CC[C@@H](C)[C@@H](NC(=O)[C@@H](CC(C)C)[C@@H](O)C[C@H]1CCCN1C(=O)NCc1ccccc1)C(=O)N[C@@H](C(=O)N1CCC[C@@H]1C(=O)N1CCC[C@@H]1C(N)=O)C(C)C. The van der Waals surface area contributed by atoms with Gasteiger partial charge in [0.2, 0.25) is 29.5 Å².